The second kappa shape index (κ2) is 3.72. The lowest BCUT2D eigenvalue weighted by atomic mass is 9.95. The van der Waals surface area contributed by atoms with Crippen molar-refractivity contribution in [3.8, 4) is 0 Å². The molecule has 0 aromatic carbocycles. The fourth-order valence-electron chi connectivity index (χ4n) is 1.87. The van der Waals surface area contributed by atoms with Crippen molar-refractivity contribution in [3.63, 3.8) is 0 Å². The van der Waals surface area contributed by atoms with E-state index in [4.69, 9.17) is 0 Å². The second-order valence-electron chi connectivity index (χ2n) is 3.45. The summed E-state index contributed by atoms with van der Waals surface area (Å²) in [4.78, 5) is 0. The van der Waals surface area contributed by atoms with Crippen LogP contribution in [0.1, 0.15) is 14.3 Å². The SMILES string of the molecule is C1=CC=C(C2CCNC2)CC=C1.[HH]. The van der Waals surface area contributed by atoms with Crippen LogP contribution in [0.3, 0.4) is 0 Å². The highest BCUT2D eigenvalue weighted by atomic mass is 14.9. The Morgan fingerprint density at radius 1 is 1.33 bits per heavy atom. The van der Waals surface area contributed by atoms with Gasteiger partial charge in [0.1, 0.15) is 0 Å². The Balaban J connectivity index is 0.000000845. The van der Waals surface area contributed by atoms with E-state index in [2.05, 4.69) is 35.7 Å². The summed E-state index contributed by atoms with van der Waals surface area (Å²) in [5.41, 5.74) is 1.59. The molecule has 0 radical (unpaired) electrons. The van der Waals surface area contributed by atoms with E-state index in [9.17, 15) is 0 Å². The summed E-state index contributed by atoms with van der Waals surface area (Å²) in [5, 5.41) is 3.40. The standard InChI is InChI=1S/C11H15N.H2/c1-2-4-6-10(5-3-1)11-7-8-12-9-11;/h1-5,11-12H,6-9H2;1H. The van der Waals surface area contributed by atoms with E-state index in [1.165, 1.54) is 19.5 Å². The fourth-order valence-corrected chi connectivity index (χ4v) is 1.87. The molecule has 1 aliphatic carbocycles. The van der Waals surface area contributed by atoms with Gasteiger partial charge < -0.3 is 5.32 Å². The summed E-state index contributed by atoms with van der Waals surface area (Å²) in [5.74, 6) is 0.789. The molecular weight excluding hydrogens is 146 g/mol. The zero-order valence-electron chi connectivity index (χ0n) is 7.29. The summed E-state index contributed by atoms with van der Waals surface area (Å²) in [6.07, 6.45) is 13.4. The van der Waals surface area contributed by atoms with Crippen LogP contribution < -0.4 is 5.32 Å². The van der Waals surface area contributed by atoms with Gasteiger partial charge >= 0.3 is 0 Å². The number of nitrogens with one attached hydrogen (secondary N) is 1. The highest BCUT2D eigenvalue weighted by molar-refractivity contribution is 5.25. The van der Waals surface area contributed by atoms with Gasteiger partial charge in [0.05, 0.1) is 0 Å². The molecule has 1 atom stereocenters. The van der Waals surface area contributed by atoms with Crippen LogP contribution in [0, 0.1) is 5.92 Å². The van der Waals surface area contributed by atoms with Gasteiger partial charge in [-0.3, -0.25) is 0 Å². The normalized spacial score (nSPS) is 28.7. The number of hydrogen-bond acceptors (Lipinski definition) is 1. The van der Waals surface area contributed by atoms with E-state index in [0.29, 0.717) is 0 Å². The van der Waals surface area contributed by atoms with Crippen molar-refractivity contribution in [3.05, 3.63) is 36.0 Å². The minimum atomic E-state index is 0. The quantitative estimate of drug-likeness (QED) is 0.625. The maximum Gasteiger partial charge on any atom is 0.00176 e. The molecule has 12 heavy (non-hydrogen) atoms. The lowest BCUT2D eigenvalue weighted by Gasteiger charge is -2.10. The Morgan fingerprint density at radius 2 is 2.33 bits per heavy atom. The molecule has 66 valence electrons. The van der Waals surface area contributed by atoms with Crippen molar-refractivity contribution in [2.45, 2.75) is 12.8 Å². The van der Waals surface area contributed by atoms with Gasteiger partial charge in [-0.1, -0.05) is 36.0 Å². The summed E-state index contributed by atoms with van der Waals surface area (Å²) < 4.78 is 0. The molecule has 2 rings (SSSR count). The lowest BCUT2D eigenvalue weighted by Crippen LogP contribution is -2.10. The summed E-state index contributed by atoms with van der Waals surface area (Å²) in [6.45, 7) is 2.36. The molecule has 0 bridgehead atoms. The van der Waals surface area contributed by atoms with E-state index in [1.54, 1.807) is 5.57 Å². The fraction of sp³-hybridized carbons (Fsp3) is 0.455. The third kappa shape index (κ3) is 1.67. The van der Waals surface area contributed by atoms with Crippen LogP contribution in [0.2, 0.25) is 0 Å². The summed E-state index contributed by atoms with van der Waals surface area (Å²) >= 11 is 0. The van der Waals surface area contributed by atoms with Gasteiger partial charge in [0, 0.05) is 7.97 Å². The minimum Gasteiger partial charge on any atom is -0.316 e. The molecule has 1 heterocycles. The van der Waals surface area contributed by atoms with Gasteiger partial charge in [0.15, 0.2) is 0 Å². The highest BCUT2D eigenvalue weighted by Crippen LogP contribution is 2.22. The molecule has 1 unspecified atom stereocenters. The van der Waals surface area contributed by atoms with E-state index in [-0.39, 0.29) is 1.43 Å². The summed E-state index contributed by atoms with van der Waals surface area (Å²) in [7, 11) is 0. The van der Waals surface area contributed by atoms with Gasteiger partial charge in [-0.05, 0) is 25.3 Å². The van der Waals surface area contributed by atoms with Crippen molar-refractivity contribution in [2.75, 3.05) is 13.1 Å². The van der Waals surface area contributed by atoms with Crippen LogP contribution in [-0.2, 0) is 0 Å². The average Bonchev–Trinajstić information content (AvgIpc) is 2.48. The third-order valence-corrected chi connectivity index (χ3v) is 2.61. The Morgan fingerprint density at radius 3 is 3.17 bits per heavy atom. The largest absolute Gasteiger partial charge is 0.316 e. The molecule has 2 aliphatic rings. The monoisotopic (exact) mass is 163 g/mol. The molecule has 1 saturated heterocycles. The number of allylic oxidation sites excluding steroid dienone is 5. The Labute approximate surface area is 75.3 Å². The molecule has 1 aliphatic heterocycles. The Hall–Kier alpha value is -0.820. The van der Waals surface area contributed by atoms with Crippen LogP contribution in [0.5, 0.6) is 0 Å². The zero-order valence-corrected chi connectivity index (χ0v) is 7.29. The van der Waals surface area contributed by atoms with Crippen LogP contribution in [-0.4, -0.2) is 13.1 Å². The highest BCUT2D eigenvalue weighted by Gasteiger charge is 2.17. The predicted octanol–water partition coefficient (Wildman–Crippen LogP) is 2.28. The molecule has 0 spiro atoms. The summed E-state index contributed by atoms with van der Waals surface area (Å²) in [6, 6.07) is 0. The predicted molar refractivity (Wildman–Crippen MR) is 54.1 cm³/mol. The van der Waals surface area contributed by atoms with Gasteiger partial charge in [-0.2, -0.15) is 0 Å². The van der Waals surface area contributed by atoms with Crippen LogP contribution >= 0.6 is 0 Å². The molecule has 0 aromatic heterocycles. The van der Waals surface area contributed by atoms with E-state index < -0.39 is 0 Å². The van der Waals surface area contributed by atoms with Crippen molar-refractivity contribution in [2.24, 2.45) is 5.92 Å². The first-order chi connectivity index (χ1) is 5.97. The lowest BCUT2D eigenvalue weighted by molar-refractivity contribution is 0.667. The molecule has 0 amide bonds. The molecule has 0 aromatic rings. The average molecular weight is 163 g/mol. The van der Waals surface area contributed by atoms with Gasteiger partial charge in [-0.25, -0.2) is 0 Å². The van der Waals surface area contributed by atoms with Crippen LogP contribution in [0.15, 0.2) is 36.0 Å². The maximum atomic E-state index is 3.40. The van der Waals surface area contributed by atoms with E-state index in [1.807, 2.05) is 0 Å². The molecule has 1 fully saturated rings. The van der Waals surface area contributed by atoms with Gasteiger partial charge in [-0.15, -0.1) is 0 Å². The van der Waals surface area contributed by atoms with E-state index in [0.717, 1.165) is 12.3 Å². The smallest absolute Gasteiger partial charge is 0.00176 e. The Bertz CT molecular complexity index is 234. The van der Waals surface area contributed by atoms with E-state index >= 15 is 0 Å². The van der Waals surface area contributed by atoms with Crippen LogP contribution in [0.4, 0.5) is 0 Å². The maximum absolute atomic E-state index is 3.40. The second-order valence-corrected chi connectivity index (χ2v) is 3.45. The van der Waals surface area contributed by atoms with Crippen molar-refractivity contribution < 1.29 is 1.43 Å². The first-order valence-corrected chi connectivity index (χ1v) is 4.70. The first kappa shape index (κ1) is 7.81. The van der Waals surface area contributed by atoms with Crippen LogP contribution in [0.25, 0.3) is 0 Å². The minimum absolute atomic E-state index is 0. The molecule has 1 nitrogen and oxygen atoms in total. The van der Waals surface area contributed by atoms with Gasteiger partial charge in [0.2, 0.25) is 0 Å². The van der Waals surface area contributed by atoms with Crippen molar-refractivity contribution >= 4 is 0 Å². The van der Waals surface area contributed by atoms with Crippen molar-refractivity contribution in [1.82, 2.24) is 5.32 Å². The molecule has 1 N–H and O–H groups in total. The molecule has 1 heteroatoms. The first-order valence-electron chi connectivity index (χ1n) is 4.70. The Kier molecular flexibility index (Phi) is 2.42. The van der Waals surface area contributed by atoms with Gasteiger partial charge in [0.25, 0.3) is 0 Å². The topological polar surface area (TPSA) is 12.0 Å². The molecular formula is C11H17N. The van der Waals surface area contributed by atoms with Crippen molar-refractivity contribution in [1.29, 1.82) is 0 Å². The number of hydrogen-bond donors (Lipinski definition) is 1. The molecule has 0 saturated carbocycles. The zero-order chi connectivity index (χ0) is 8.23. The number of rotatable bonds is 1. The third-order valence-electron chi connectivity index (χ3n) is 2.61.